The summed E-state index contributed by atoms with van der Waals surface area (Å²) in [5.41, 5.74) is 2.07. The summed E-state index contributed by atoms with van der Waals surface area (Å²) in [5.74, 6) is 0.809. The van der Waals surface area contributed by atoms with E-state index in [-0.39, 0.29) is 0 Å². The van der Waals surface area contributed by atoms with Gasteiger partial charge in [-0.25, -0.2) is 4.98 Å². The van der Waals surface area contributed by atoms with Crippen LogP contribution in [0.4, 0.5) is 0 Å². The van der Waals surface area contributed by atoms with Crippen LogP contribution in [-0.2, 0) is 0 Å². The molecule has 2 heterocycles. The third kappa shape index (κ3) is 2.95. The fourth-order valence-electron chi connectivity index (χ4n) is 1.80. The molecule has 0 unspecified atom stereocenters. The average molecular weight is 297 g/mol. The van der Waals surface area contributed by atoms with Gasteiger partial charge >= 0.3 is 0 Å². The zero-order valence-electron chi connectivity index (χ0n) is 11.2. The van der Waals surface area contributed by atoms with E-state index in [4.69, 9.17) is 10.00 Å². The van der Waals surface area contributed by atoms with Crippen LogP contribution in [0.3, 0.4) is 0 Å². The first-order valence-corrected chi connectivity index (χ1v) is 7.14. The average Bonchev–Trinajstić information content (AvgIpc) is 2.90. The summed E-state index contributed by atoms with van der Waals surface area (Å²) in [6.45, 7) is 2.57. The Morgan fingerprint density at radius 3 is 2.90 bits per heavy atom. The molecule has 2 aromatic heterocycles. The summed E-state index contributed by atoms with van der Waals surface area (Å²) in [6, 6.07) is 11.0. The number of nitrogens with one attached hydrogen (secondary N) is 1. The number of nitrogens with zero attached hydrogens (tertiary/aromatic N) is 4. The molecule has 21 heavy (non-hydrogen) atoms. The van der Waals surface area contributed by atoms with Crippen LogP contribution in [0, 0.1) is 11.3 Å². The predicted molar refractivity (Wildman–Crippen MR) is 78.1 cm³/mol. The molecule has 0 saturated heterocycles. The van der Waals surface area contributed by atoms with Crippen LogP contribution in [0.5, 0.6) is 5.75 Å². The summed E-state index contributed by atoms with van der Waals surface area (Å²) in [4.78, 5) is 7.68. The van der Waals surface area contributed by atoms with Crippen molar-refractivity contribution in [2.24, 2.45) is 0 Å². The molecule has 1 aromatic carbocycles. The summed E-state index contributed by atoms with van der Waals surface area (Å²) in [6.07, 6.45) is 0. The third-order valence-corrected chi connectivity index (χ3v) is 3.51. The Morgan fingerprint density at radius 1 is 1.29 bits per heavy atom. The molecule has 0 spiro atoms. The molecule has 3 rings (SSSR count). The summed E-state index contributed by atoms with van der Waals surface area (Å²) < 4.78 is 5.46. The summed E-state index contributed by atoms with van der Waals surface area (Å²) in [5, 5.41) is 17.9. The quantitative estimate of drug-likeness (QED) is 0.796. The van der Waals surface area contributed by atoms with Crippen molar-refractivity contribution < 1.29 is 4.74 Å². The van der Waals surface area contributed by atoms with E-state index in [1.165, 1.54) is 11.8 Å². The molecule has 0 aliphatic rings. The van der Waals surface area contributed by atoms with Gasteiger partial charge in [-0.1, -0.05) is 0 Å². The Morgan fingerprint density at radius 2 is 2.19 bits per heavy atom. The number of hydrogen-bond acceptors (Lipinski definition) is 6. The summed E-state index contributed by atoms with van der Waals surface area (Å²) in [7, 11) is 0. The highest BCUT2D eigenvalue weighted by Crippen LogP contribution is 2.27. The van der Waals surface area contributed by atoms with E-state index in [0.29, 0.717) is 17.3 Å². The van der Waals surface area contributed by atoms with Crippen LogP contribution >= 0.6 is 11.8 Å². The lowest BCUT2D eigenvalue weighted by Crippen LogP contribution is -1.90. The predicted octanol–water partition coefficient (Wildman–Crippen LogP) is 2.77. The number of aromatic nitrogens is 4. The number of benzene rings is 1. The number of ether oxygens (including phenoxy) is 1. The molecule has 1 N–H and O–H groups in total. The normalized spacial score (nSPS) is 10.5. The highest BCUT2D eigenvalue weighted by molar-refractivity contribution is 7.99. The van der Waals surface area contributed by atoms with Crippen LogP contribution in [0.25, 0.3) is 11.0 Å². The van der Waals surface area contributed by atoms with Crippen molar-refractivity contribution in [3.8, 4) is 11.8 Å². The Hall–Kier alpha value is -2.59. The van der Waals surface area contributed by atoms with E-state index in [1.807, 2.05) is 31.2 Å². The van der Waals surface area contributed by atoms with Gasteiger partial charge in [0, 0.05) is 6.07 Å². The first-order chi connectivity index (χ1) is 10.3. The first-order valence-electron chi connectivity index (χ1n) is 6.32. The zero-order chi connectivity index (χ0) is 14.7. The van der Waals surface area contributed by atoms with Crippen LogP contribution < -0.4 is 4.74 Å². The van der Waals surface area contributed by atoms with Crippen LogP contribution in [0.15, 0.2) is 40.5 Å². The number of aromatic amines is 1. The van der Waals surface area contributed by atoms with Gasteiger partial charge in [0.2, 0.25) is 0 Å². The van der Waals surface area contributed by atoms with Crippen LogP contribution in [-0.4, -0.2) is 26.8 Å². The van der Waals surface area contributed by atoms with Crippen molar-refractivity contribution in [2.45, 2.75) is 17.1 Å². The van der Waals surface area contributed by atoms with Crippen LogP contribution in [0.2, 0.25) is 0 Å². The highest BCUT2D eigenvalue weighted by atomic mass is 32.2. The topological polar surface area (TPSA) is 87.5 Å². The number of fused-ring (bicyclic) bond motifs is 1. The maximum atomic E-state index is 8.69. The lowest BCUT2D eigenvalue weighted by atomic mass is 10.3. The van der Waals surface area contributed by atoms with Crippen molar-refractivity contribution in [1.29, 1.82) is 5.26 Å². The lowest BCUT2D eigenvalue weighted by molar-refractivity contribution is 0.340. The minimum atomic E-state index is 0.297. The Balaban J connectivity index is 1.85. The van der Waals surface area contributed by atoms with Gasteiger partial charge in [0.1, 0.15) is 16.8 Å². The second-order valence-corrected chi connectivity index (χ2v) is 5.13. The maximum absolute atomic E-state index is 8.69. The van der Waals surface area contributed by atoms with Crippen LogP contribution in [0.1, 0.15) is 12.6 Å². The van der Waals surface area contributed by atoms with Gasteiger partial charge in [-0.3, -0.25) is 0 Å². The molecule has 7 heteroatoms. The number of hydrogen-bond donors (Lipinski definition) is 1. The standard InChI is InChI=1S/C14H11N5OS/c1-2-20-10-4-5-11-12(7-10)17-14(16-11)21-13-6-3-9(8-15)18-19-13/h3-7H,2H2,1H3,(H,16,17). The number of rotatable bonds is 4. The molecule has 0 saturated carbocycles. The molecule has 0 fully saturated rings. The van der Waals surface area contributed by atoms with E-state index in [2.05, 4.69) is 20.2 Å². The van der Waals surface area contributed by atoms with E-state index >= 15 is 0 Å². The Labute approximate surface area is 125 Å². The molecule has 0 atom stereocenters. The first kappa shape index (κ1) is 13.4. The Kier molecular flexibility index (Phi) is 3.71. The molecule has 0 aliphatic carbocycles. The smallest absolute Gasteiger partial charge is 0.172 e. The van der Waals surface area contributed by atoms with E-state index in [1.54, 1.807) is 12.1 Å². The molecule has 0 amide bonds. The highest BCUT2D eigenvalue weighted by Gasteiger charge is 2.07. The molecule has 0 bridgehead atoms. The van der Waals surface area contributed by atoms with Gasteiger partial charge in [-0.2, -0.15) is 5.26 Å². The van der Waals surface area contributed by atoms with E-state index in [0.717, 1.165) is 21.9 Å². The van der Waals surface area contributed by atoms with Gasteiger partial charge in [0.25, 0.3) is 0 Å². The van der Waals surface area contributed by atoms with Crippen molar-refractivity contribution in [1.82, 2.24) is 20.2 Å². The van der Waals surface area contributed by atoms with Crippen molar-refractivity contribution >= 4 is 22.8 Å². The monoisotopic (exact) mass is 297 g/mol. The molecule has 0 radical (unpaired) electrons. The van der Waals surface area contributed by atoms with E-state index in [9.17, 15) is 0 Å². The zero-order valence-corrected chi connectivity index (χ0v) is 12.0. The minimum Gasteiger partial charge on any atom is -0.494 e. The second kappa shape index (κ2) is 5.81. The fraction of sp³-hybridized carbons (Fsp3) is 0.143. The maximum Gasteiger partial charge on any atom is 0.172 e. The van der Waals surface area contributed by atoms with Gasteiger partial charge < -0.3 is 9.72 Å². The lowest BCUT2D eigenvalue weighted by Gasteiger charge is -2.00. The third-order valence-electron chi connectivity index (χ3n) is 2.70. The molecule has 104 valence electrons. The van der Waals surface area contributed by atoms with E-state index < -0.39 is 0 Å². The van der Waals surface area contributed by atoms with Gasteiger partial charge in [-0.05, 0) is 43.0 Å². The van der Waals surface area contributed by atoms with Crippen molar-refractivity contribution in [2.75, 3.05) is 6.61 Å². The molecule has 3 aromatic rings. The van der Waals surface area contributed by atoms with Crippen molar-refractivity contribution in [3.05, 3.63) is 36.0 Å². The second-order valence-electron chi connectivity index (χ2n) is 4.12. The van der Waals surface area contributed by atoms with Crippen molar-refractivity contribution in [3.63, 3.8) is 0 Å². The van der Waals surface area contributed by atoms with Gasteiger partial charge in [0.15, 0.2) is 10.9 Å². The number of H-pyrrole nitrogens is 1. The molecular weight excluding hydrogens is 286 g/mol. The minimum absolute atomic E-state index is 0.297. The molecular formula is C14H11N5OS. The Bertz CT molecular complexity index is 806. The number of imidazole rings is 1. The fourth-order valence-corrected chi connectivity index (χ4v) is 2.52. The molecule has 6 nitrogen and oxygen atoms in total. The SMILES string of the molecule is CCOc1ccc2nc(Sc3ccc(C#N)nn3)[nH]c2c1. The molecule has 0 aliphatic heterocycles. The number of nitriles is 1. The summed E-state index contributed by atoms with van der Waals surface area (Å²) >= 11 is 1.36. The largest absolute Gasteiger partial charge is 0.494 e. The van der Waals surface area contributed by atoms with Gasteiger partial charge in [0.05, 0.1) is 17.6 Å². The van der Waals surface area contributed by atoms with Gasteiger partial charge in [-0.15, -0.1) is 10.2 Å².